The number of amides is 1. The molecule has 1 amide bonds. The Morgan fingerprint density at radius 3 is 2.70 bits per heavy atom. The number of aryl methyl sites for hydroxylation is 2. The van der Waals surface area contributed by atoms with Crippen molar-refractivity contribution in [1.82, 2.24) is 9.88 Å². The zero-order valence-electron chi connectivity index (χ0n) is 11.5. The maximum atomic E-state index is 12.2. The van der Waals surface area contributed by atoms with Gasteiger partial charge in [0.05, 0.1) is 10.2 Å². The Kier molecular flexibility index (Phi) is 3.32. The lowest BCUT2D eigenvalue weighted by Crippen LogP contribution is -2.24. The Labute approximate surface area is 121 Å². The van der Waals surface area contributed by atoms with Crippen LogP contribution in [0.15, 0.2) is 41.8 Å². The van der Waals surface area contributed by atoms with Gasteiger partial charge in [-0.1, -0.05) is 29.8 Å². The van der Waals surface area contributed by atoms with Crippen molar-refractivity contribution in [2.45, 2.75) is 13.5 Å². The second-order valence-corrected chi connectivity index (χ2v) is 5.87. The van der Waals surface area contributed by atoms with Crippen LogP contribution >= 0.6 is 11.3 Å². The van der Waals surface area contributed by atoms with Crippen LogP contribution in [0.3, 0.4) is 0 Å². The van der Waals surface area contributed by atoms with Crippen LogP contribution in [0.2, 0.25) is 0 Å². The molecule has 0 aliphatic carbocycles. The van der Waals surface area contributed by atoms with E-state index in [2.05, 4.69) is 24.4 Å². The van der Waals surface area contributed by atoms with Crippen LogP contribution in [0, 0.1) is 6.92 Å². The Morgan fingerprint density at radius 1 is 1.25 bits per heavy atom. The molecule has 2 heterocycles. The van der Waals surface area contributed by atoms with E-state index in [9.17, 15) is 4.79 Å². The number of aromatic nitrogens is 1. The Bertz CT molecular complexity index is 752. The van der Waals surface area contributed by atoms with Gasteiger partial charge in [0, 0.05) is 13.6 Å². The van der Waals surface area contributed by atoms with E-state index < -0.39 is 0 Å². The first-order chi connectivity index (χ1) is 9.65. The molecule has 0 bridgehead atoms. The van der Waals surface area contributed by atoms with E-state index in [4.69, 9.17) is 0 Å². The highest BCUT2D eigenvalue weighted by Crippen LogP contribution is 2.24. The van der Waals surface area contributed by atoms with Gasteiger partial charge in [-0.15, -0.1) is 11.3 Å². The predicted octanol–water partition coefficient (Wildman–Crippen LogP) is 3.48. The van der Waals surface area contributed by atoms with Crippen LogP contribution in [0.25, 0.3) is 10.2 Å². The molecule has 102 valence electrons. The van der Waals surface area contributed by atoms with E-state index in [0.717, 1.165) is 15.8 Å². The molecule has 0 saturated carbocycles. The maximum Gasteiger partial charge on any atom is 0.268 e. The topological polar surface area (TPSA) is 34.0 Å². The predicted molar refractivity (Wildman–Crippen MR) is 83.1 cm³/mol. The molecule has 2 aromatic heterocycles. The minimum atomic E-state index is -0.0310. The van der Waals surface area contributed by atoms with Gasteiger partial charge in [-0.25, -0.2) is 0 Å². The largest absolute Gasteiger partial charge is 0.347 e. The molecule has 0 fully saturated rings. The molecular weight excluding hydrogens is 268 g/mol. The number of hydrogen-bond acceptors (Lipinski definition) is 2. The molecule has 0 radical (unpaired) electrons. The first-order valence-electron chi connectivity index (χ1n) is 6.52. The molecule has 3 aromatic rings. The number of nitrogens with zero attached hydrogens (tertiary/aromatic N) is 1. The zero-order chi connectivity index (χ0) is 14.1. The number of thiophene rings is 1. The molecule has 0 unspecified atom stereocenters. The Morgan fingerprint density at radius 2 is 2.00 bits per heavy atom. The van der Waals surface area contributed by atoms with Gasteiger partial charge in [0.2, 0.25) is 0 Å². The first-order valence-corrected chi connectivity index (χ1v) is 7.40. The van der Waals surface area contributed by atoms with E-state index in [1.54, 1.807) is 11.3 Å². The lowest BCUT2D eigenvalue weighted by molar-refractivity contribution is 0.0943. The molecule has 4 heteroatoms. The number of carbonyl (C=O) groups is 1. The third-order valence-electron chi connectivity index (χ3n) is 3.47. The molecule has 0 saturated heterocycles. The van der Waals surface area contributed by atoms with Gasteiger partial charge in [0.1, 0.15) is 5.69 Å². The van der Waals surface area contributed by atoms with Crippen molar-refractivity contribution in [1.29, 1.82) is 0 Å². The summed E-state index contributed by atoms with van der Waals surface area (Å²) in [4.78, 5) is 12.2. The third kappa shape index (κ3) is 2.34. The average molecular weight is 284 g/mol. The van der Waals surface area contributed by atoms with Crippen molar-refractivity contribution in [2.75, 3.05) is 0 Å². The van der Waals surface area contributed by atoms with E-state index >= 15 is 0 Å². The molecule has 0 spiro atoms. The lowest BCUT2D eigenvalue weighted by Gasteiger charge is -2.07. The van der Waals surface area contributed by atoms with Gasteiger partial charge in [-0.2, -0.15) is 0 Å². The summed E-state index contributed by atoms with van der Waals surface area (Å²) in [5.74, 6) is -0.0310. The highest BCUT2D eigenvalue weighted by molar-refractivity contribution is 7.17. The highest BCUT2D eigenvalue weighted by Gasteiger charge is 2.13. The van der Waals surface area contributed by atoms with E-state index in [1.807, 2.05) is 41.3 Å². The smallest absolute Gasteiger partial charge is 0.268 e. The third-order valence-corrected chi connectivity index (χ3v) is 4.32. The number of fused-ring (bicyclic) bond motifs is 1. The Hall–Kier alpha value is -2.07. The summed E-state index contributed by atoms with van der Waals surface area (Å²) in [5, 5.41) is 5.01. The number of hydrogen-bond donors (Lipinski definition) is 1. The molecule has 20 heavy (non-hydrogen) atoms. The van der Waals surface area contributed by atoms with E-state index in [1.165, 1.54) is 5.56 Å². The highest BCUT2D eigenvalue weighted by atomic mass is 32.1. The second kappa shape index (κ2) is 5.13. The molecule has 0 atom stereocenters. The molecule has 0 aliphatic rings. The standard InChI is InChI=1S/C16H16N2OS/c1-11-3-5-12(6-4-11)10-17-16(19)14-9-15-13(18(14)2)7-8-20-15/h3-9H,10H2,1-2H3,(H,17,19). The van der Waals surface area contributed by atoms with Gasteiger partial charge in [-0.3, -0.25) is 4.79 Å². The minimum Gasteiger partial charge on any atom is -0.347 e. The number of rotatable bonds is 3. The second-order valence-electron chi connectivity index (χ2n) is 4.93. The van der Waals surface area contributed by atoms with Crippen LogP contribution in [0.1, 0.15) is 21.6 Å². The first kappa shape index (κ1) is 12.9. The summed E-state index contributed by atoms with van der Waals surface area (Å²) in [6.07, 6.45) is 0. The molecule has 3 nitrogen and oxygen atoms in total. The van der Waals surface area contributed by atoms with Gasteiger partial charge in [0.15, 0.2) is 0 Å². The van der Waals surface area contributed by atoms with Crippen molar-refractivity contribution in [3.63, 3.8) is 0 Å². The lowest BCUT2D eigenvalue weighted by atomic mass is 10.1. The Balaban J connectivity index is 1.74. The summed E-state index contributed by atoms with van der Waals surface area (Å²) in [6, 6.07) is 12.2. The molecule has 0 aliphatic heterocycles. The minimum absolute atomic E-state index is 0.0310. The van der Waals surface area contributed by atoms with E-state index in [0.29, 0.717) is 12.2 Å². The summed E-state index contributed by atoms with van der Waals surface area (Å²) >= 11 is 1.65. The van der Waals surface area contributed by atoms with Crippen LogP contribution in [0.4, 0.5) is 0 Å². The molecular formula is C16H16N2OS. The fraction of sp³-hybridized carbons (Fsp3) is 0.188. The molecule has 3 rings (SSSR count). The van der Waals surface area contributed by atoms with Crippen molar-refractivity contribution >= 4 is 27.5 Å². The zero-order valence-corrected chi connectivity index (χ0v) is 12.3. The van der Waals surface area contributed by atoms with Crippen LogP contribution in [0.5, 0.6) is 0 Å². The normalized spacial score (nSPS) is 10.9. The van der Waals surface area contributed by atoms with Gasteiger partial charge in [-0.05, 0) is 30.0 Å². The van der Waals surface area contributed by atoms with Gasteiger partial charge in [0.25, 0.3) is 5.91 Å². The van der Waals surface area contributed by atoms with Crippen LogP contribution in [-0.4, -0.2) is 10.5 Å². The number of benzene rings is 1. The summed E-state index contributed by atoms with van der Waals surface area (Å²) in [5.41, 5.74) is 4.15. The number of nitrogens with one attached hydrogen (secondary N) is 1. The van der Waals surface area contributed by atoms with Crippen molar-refractivity contribution < 1.29 is 4.79 Å². The fourth-order valence-electron chi connectivity index (χ4n) is 2.25. The van der Waals surface area contributed by atoms with E-state index in [-0.39, 0.29) is 5.91 Å². The average Bonchev–Trinajstić information content (AvgIpc) is 3.01. The van der Waals surface area contributed by atoms with Gasteiger partial charge < -0.3 is 9.88 Å². The maximum absolute atomic E-state index is 12.2. The van der Waals surface area contributed by atoms with Crippen molar-refractivity contribution in [3.05, 3.63) is 58.6 Å². The fourth-order valence-corrected chi connectivity index (χ4v) is 3.10. The quantitative estimate of drug-likeness (QED) is 0.785. The summed E-state index contributed by atoms with van der Waals surface area (Å²) in [6.45, 7) is 2.61. The number of carbonyl (C=O) groups excluding carboxylic acids is 1. The molecule has 1 aromatic carbocycles. The van der Waals surface area contributed by atoms with Gasteiger partial charge >= 0.3 is 0 Å². The summed E-state index contributed by atoms with van der Waals surface area (Å²) < 4.78 is 3.09. The molecule has 1 N–H and O–H groups in total. The summed E-state index contributed by atoms with van der Waals surface area (Å²) in [7, 11) is 1.93. The van der Waals surface area contributed by atoms with Crippen LogP contribution < -0.4 is 5.32 Å². The van der Waals surface area contributed by atoms with Crippen molar-refractivity contribution in [3.8, 4) is 0 Å². The monoisotopic (exact) mass is 284 g/mol. The SMILES string of the molecule is Cc1ccc(CNC(=O)c2cc3sccc3n2C)cc1. The van der Waals surface area contributed by atoms with Crippen LogP contribution in [-0.2, 0) is 13.6 Å². The van der Waals surface area contributed by atoms with Crippen molar-refractivity contribution in [2.24, 2.45) is 7.05 Å².